The average Bonchev–Trinajstić information content (AvgIpc) is 1.49. The summed E-state index contributed by atoms with van der Waals surface area (Å²) in [6.07, 6.45) is -40.2. The van der Waals surface area contributed by atoms with Crippen LogP contribution < -0.4 is 68.8 Å². The molecule has 42 heteroatoms. The Labute approximate surface area is 559 Å². The van der Waals surface area contributed by atoms with Crippen molar-refractivity contribution in [3.63, 3.8) is 0 Å². The third-order valence-corrected chi connectivity index (χ3v) is 19.6. The van der Waals surface area contributed by atoms with Crippen LogP contribution in [0.25, 0.3) is 22.5 Å². The fourth-order valence-electron chi connectivity index (χ4n) is 13.7. The van der Waals surface area contributed by atoms with E-state index >= 15 is 0 Å². The zero-order valence-corrected chi connectivity index (χ0v) is 52.9. The van der Waals surface area contributed by atoms with Crippen LogP contribution in [0.5, 0.6) is 0 Å². The van der Waals surface area contributed by atoms with Gasteiger partial charge < -0.3 is 187 Å². The van der Waals surface area contributed by atoms with Gasteiger partial charge >= 0.3 is 0 Å². The summed E-state index contributed by atoms with van der Waals surface area (Å²) in [6.45, 7) is -1.43. The van der Waals surface area contributed by atoms with Crippen molar-refractivity contribution in [2.24, 2.45) is 68.8 Å². The first-order valence-corrected chi connectivity index (χ1v) is 32.4. The highest BCUT2D eigenvalue weighted by Crippen LogP contribution is 2.39. The molecule has 36 N–H and O–H groups in total. The van der Waals surface area contributed by atoms with Gasteiger partial charge in [0.2, 0.25) is 0 Å². The molecule has 38 atom stereocenters. The molecule has 6 saturated heterocycles. The van der Waals surface area contributed by atoms with Gasteiger partial charge in [0.25, 0.3) is 0 Å². The molecule has 42 nitrogen and oxygen atoms in total. The number of hydrogen-bond donors (Lipinski definition) is 24. The van der Waals surface area contributed by atoms with Crippen molar-refractivity contribution in [1.82, 2.24) is 30.0 Å². The zero-order valence-electron chi connectivity index (χ0n) is 52.9. The quantitative estimate of drug-likeness (QED) is 0.0444. The van der Waals surface area contributed by atoms with Crippen LogP contribution in [0.1, 0.15) is 12.8 Å². The Morgan fingerprint density at radius 2 is 0.633 bits per heavy atom. The van der Waals surface area contributed by atoms with E-state index in [4.69, 9.17) is 126 Å². The van der Waals surface area contributed by atoms with Crippen molar-refractivity contribution in [2.75, 3.05) is 26.2 Å². The van der Waals surface area contributed by atoms with Gasteiger partial charge in [-0.3, -0.25) is 0 Å². The predicted molar refractivity (Wildman–Crippen MR) is 327 cm³/mol. The first-order chi connectivity index (χ1) is 46.6. The number of ether oxygens (including phenoxy) is 12. The molecule has 98 heavy (non-hydrogen) atoms. The SMILES string of the molecule is NCC1O[C@H](OC2C(N)C[C@@H](N)C(O)[C@H]2O[C@@H]2O[C@H](Cn3cc(-c4cccc(-c5cn(C[C@H]6O[C@@H](O[C@H]7C(O[C@H]8OC(CN)C(O)[C@H](O)C8N)C(N)C[C@@H](N)C7O)[C@@H](O)C6O[C@H]6O[C@@H](CN)C(O)C(O)C6N)nn5)c4)nn3)C(O[C@H]3O[C@@H](CN)C(O)C(O)C3N)[C@@H]2O)C(N)[C@@H](O)C1O. The maximum atomic E-state index is 12.1. The molecule has 11 rings (SSSR count). The van der Waals surface area contributed by atoms with Crippen LogP contribution in [0.2, 0.25) is 0 Å². The van der Waals surface area contributed by atoms with Crippen molar-refractivity contribution in [1.29, 1.82) is 0 Å². The number of nitrogens with zero attached hydrogens (tertiary/aromatic N) is 6. The lowest BCUT2D eigenvalue weighted by molar-refractivity contribution is -0.306. The van der Waals surface area contributed by atoms with Crippen molar-refractivity contribution >= 4 is 0 Å². The monoisotopic (exact) mass is 1400 g/mol. The lowest BCUT2D eigenvalue weighted by Gasteiger charge is -2.47. The van der Waals surface area contributed by atoms with E-state index in [-0.39, 0.29) is 52.1 Å². The Hall–Kier alpha value is -3.94. The summed E-state index contributed by atoms with van der Waals surface area (Å²) >= 11 is 0. The van der Waals surface area contributed by atoms with Gasteiger partial charge in [0.15, 0.2) is 37.7 Å². The molecule has 0 radical (unpaired) electrons. The first-order valence-electron chi connectivity index (χ1n) is 32.4. The van der Waals surface area contributed by atoms with Crippen molar-refractivity contribution in [3.8, 4) is 22.5 Å². The average molecular weight is 1410 g/mol. The highest BCUT2D eigenvalue weighted by Gasteiger charge is 2.58. The van der Waals surface area contributed by atoms with Crippen LogP contribution in [-0.2, 0) is 69.9 Å². The number of aliphatic hydroxyl groups excluding tert-OH is 12. The summed E-state index contributed by atoms with van der Waals surface area (Å²) in [5, 5.41) is 151. The third kappa shape index (κ3) is 15.2. The topological polar surface area (TPSA) is 727 Å². The maximum Gasteiger partial charge on any atom is 0.187 e. The lowest BCUT2D eigenvalue weighted by atomic mass is 9.84. The van der Waals surface area contributed by atoms with E-state index in [1.807, 2.05) is 0 Å². The number of nitrogens with two attached hydrogens (primary N) is 12. The van der Waals surface area contributed by atoms with E-state index in [0.29, 0.717) is 22.5 Å². The van der Waals surface area contributed by atoms with Gasteiger partial charge in [-0.15, -0.1) is 10.2 Å². The van der Waals surface area contributed by atoms with E-state index in [1.54, 1.807) is 36.7 Å². The zero-order chi connectivity index (χ0) is 70.6. The van der Waals surface area contributed by atoms with Crippen LogP contribution >= 0.6 is 0 Å². The molecule has 554 valence electrons. The highest BCUT2D eigenvalue weighted by atomic mass is 16.8. The van der Waals surface area contributed by atoms with E-state index in [9.17, 15) is 61.3 Å². The highest BCUT2D eigenvalue weighted by molar-refractivity contribution is 5.68. The second-order valence-electron chi connectivity index (χ2n) is 26.4. The number of hydrogen-bond acceptors (Lipinski definition) is 40. The van der Waals surface area contributed by atoms with Gasteiger partial charge in [-0.25, -0.2) is 9.36 Å². The molecule has 2 aromatic heterocycles. The normalized spacial score (nSPS) is 48.0. The standard InChI is InChI=1S/C56H96N18O24/c57-7-23-35(77)39(81)29(65)51(87-23)93-45-19(63)5-17(61)33(75)49(45)97-55-43(85)47(95-53-31(67)41(83)37(79)25(9-59)89-53)27(91-55)13-73-11-21(69-71-73)15-2-1-3-16(4-15)22-12-74(72-70-22)14-28-48(96-54-32(68)42(84)38(80)26(10-60)90-54)44(86)56(92-28)98-50-34(76)18(62)6-20(64)46(50)94-52-30(66)40(82)36(78)24(8-58)88-52/h1-4,11-12,17-20,23-56,75-86H,5-10,13-14,57-68H2/t17-,18-,19?,20?,23?,24?,25+,26+,27-,28-,29?,30?,31?,32?,33?,34?,35?,36?,37?,38?,39-,40-,41?,42?,43+,44+,45?,46?,47?,48?,49-,50-,51-,52-,53-,54-,55+,56+/m1/s1. The second-order valence-corrected chi connectivity index (χ2v) is 26.4. The molecule has 0 spiro atoms. The van der Waals surface area contributed by atoms with Gasteiger partial charge in [-0.2, -0.15) is 0 Å². The summed E-state index contributed by atoms with van der Waals surface area (Å²) in [4.78, 5) is 0. The Morgan fingerprint density at radius 1 is 0.347 bits per heavy atom. The molecule has 2 saturated carbocycles. The summed E-state index contributed by atoms with van der Waals surface area (Å²) in [5.74, 6) is 0. The van der Waals surface area contributed by atoms with E-state index in [0.717, 1.165) is 0 Å². The fourth-order valence-corrected chi connectivity index (χ4v) is 13.7. The second kappa shape index (κ2) is 31.6. The first kappa shape index (κ1) is 75.2. The number of aromatic nitrogens is 6. The molecule has 20 unspecified atom stereocenters. The van der Waals surface area contributed by atoms with Gasteiger partial charge in [0.05, 0.1) is 61.9 Å². The van der Waals surface area contributed by atoms with E-state index in [1.165, 1.54) is 9.36 Å². The molecule has 3 aromatic rings. The van der Waals surface area contributed by atoms with Gasteiger partial charge in [-0.1, -0.05) is 28.6 Å². The lowest BCUT2D eigenvalue weighted by Crippen LogP contribution is -2.68. The van der Waals surface area contributed by atoms with Gasteiger partial charge in [0, 0.05) is 61.5 Å². The van der Waals surface area contributed by atoms with E-state index in [2.05, 4.69) is 20.6 Å². The van der Waals surface area contributed by atoms with Crippen molar-refractivity contribution in [3.05, 3.63) is 36.7 Å². The van der Waals surface area contributed by atoms with Crippen LogP contribution in [0.15, 0.2) is 36.7 Å². The van der Waals surface area contributed by atoms with Crippen molar-refractivity contribution < 1.29 is 118 Å². The maximum absolute atomic E-state index is 12.1. The van der Waals surface area contributed by atoms with Crippen LogP contribution in [0.4, 0.5) is 0 Å². The smallest absolute Gasteiger partial charge is 0.187 e. The molecular formula is C56H96N18O24. The Kier molecular flexibility index (Phi) is 24.2. The van der Waals surface area contributed by atoms with E-state index < -0.39 is 233 Å². The Bertz CT molecular complexity index is 2850. The molecule has 8 heterocycles. The Morgan fingerprint density at radius 3 is 0.939 bits per heavy atom. The van der Waals surface area contributed by atoms with Gasteiger partial charge in [0.1, 0.15) is 146 Å². The predicted octanol–water partition coefficient (Wildman–Crippen LogP) is -15.5. The van der Waals surface area contributed by atoms with Crippen LogP contribution in [0.3, 0.4) is 0 Å². The summed E-state index contributed by atoms with van der Waals surface area (Å²) in [5.41, 5.74) is 76.0. The molecule has 1 aromatic carbocycles. The van der Waals surface area contributed by atoms with Crippen LogP contribution in [0, 0.1) is 0 Å². The van der Waals surface area contributed by atoms with Gasteiger partial charge in [-0.05, 0) is 18.9 Å². The molecule has 8 aliphatic rings. The third-order valence-electron chi connectivity index (χ3n) is 19.6. The number of aliphatic hydroxyl groups is 12. The molecule has 8 fully saturated rings. The molecule has 0 amide bonds. The minimum absolute atomic E-state index is 0.00230. The van der Waals surface area contributed by atoms with Crippen molar-refractivity contribution in [2.45, 2.75) is 259 Å². The largest absolute Gasteiger partial charge is 0.389 e. The Balaban J connectivity index is 0.815. The number of benzene rings is 1. The fraction of sp³-hybridized carbons (Fsp3) is 0.821. The minimum Gasteiger partial charge on any atom is -0.389 e. The molecule has 6 aliphatic heterocycles. The molecule has 2 aliphatic carbocycles. The molecular weight excluding hydrogens is 1310 g/mol. The number of rotatable bonds is 22. The summed E-state index contributed by atoms with van der Waals surface area (Å²) in [6, 6.07) is -2.42. The van der Waals surface area contributed by atoms with Crippen LogP contribution in [-0.4, -0.2) is 350 Å². The molecule has 0 bridgehead atoms. The minimum atomic E-state index is -1.75. The summed E-state index contributed by atoms with van der Waals surface area (Å²) in [7, 11) is 0. The summed E-state index contributed by atoms with van der Waals surface area (Å²) < 4.78 is 76.7.